The van der Waals surface area contributed by atoms with Crippen LogP contribution in [-0.2, 0) is 12.7 Å². The number of anilines is 1. The van der Waals surface area contributed by atoms with E-state index in [2.05, 4.69) is 20.8 Å². The molecule has 0 aliphatic carbocycles. The average Bonchev–Trinajstić information content (AvgIpc) is 3.15. The van der Waals surface area contributed by atoms with Gasteiger partial charge in [0, 0.05) is 11.3 Å². The highest BCUT2D eigenvalue weighted by molar-refractivity contribution is 7.80. The van der Waals surface area contributed by atoms with E-state index in [4.69, 9.17) is 21.5 Å². The number of methoxy groups -OCH3 is 1. The minimum atomic E-state index is -4.38. The molecule has 0 saturated heterocycles. The smallest absolute Gasteiger partial charge is 0.416 e. The molecular formula is C18H15F3N4O2S. The molecule has 0 atom stereocenters. The van der Waals surface area contributed by atoms with Crippen molar-refractivity contribution in [3.63, 3.8) is 0 Å². The second-order valence-electron chi connectivity index (χ2n) is 5.63. The summed E-state index contributed by atoms with van der Waals surface area (Å²) in [6.45, 7) is 0.156. The van der Waals surface area contributed by atoms with Gasteiger partial charge in [-0.1, -0.05) is 17.3 Å². The maximum atomic E-state index is 12.6. The number of halogens is 3. The quantitative estimate of drug-likeness (QED) is 0.612. The zero-order valence-corrected chi connectivity index (χ0v) is 15.4. The van der Waals surface area contributed by atoms with Gasteiger partial charge >= 0.3 is 6.18 Å². The van der Waals surface area contributed by atoms with Crippen LogP contribution in [0.2, 0.25) is 0 Å². The number of benzene rings is 2. The molecule has 10 heteroatoms. The van der Waals surface area contributed by atoms with E-state index in [0.29, 0.717) is 23.2 Å². The van der Waals surface area contributed by atoms with Crippen LogP contribution in [0.4, 0.5) is 18.9 Å². The fourth-order valence-corrected chi connectivity index (χ4v) is 2.47. The molecule has 0 unspecified atom stereocenters. The number of aromatic nitrogens is 2. The molecule has 3 aromatic rings. The van der Waals surface area contributed by atoms with Crippen molar-refractivity contribution < 1.29 is 22.4 Å². The van der Waals surface area contributed by atoms with Crippen LogP contribution in [0.25, 0.3) is 11.4 Å². The minimum Gasteiger partial charge on any atom is -0.497 e. The Bertz CT molecular complexity index is 958. The molecule has 146 valence electrons. The number of hydrogen-bond donors (Lipinski definition) is 2. The Balaban J connectivity index is 1.56. The SMILES string of the molecule is COc1cccc(-c2noc(CNC(=S)Nc3ccc(C(F)(F)F)cc3)n2)c1. The normalized spacial score (nSPS) is 11.1. The first-order chi connectivity index (χ1) is 13.3. The average molecular weight is 408 g/mol. The van der Waals surface area contributed by atoms with Crippen LogP contribution in [0.5, 0.6) is 5.75 Å². The molecular weight excluding hydrogens is 393 g/mol. The number of alkyl halides is 3. The molecule has 0 radical (unpaired) electrons. The predicted molar refractivity (Wildman–Crippen MR) is 101 cm³/mol. The molecule has 2 aromatic carbocycles. The Labute approximate surface area is 163 Å². The van der Waals surface area contributed by atoms with E-state index in [1.165, 1.54) is 12.1 Å². The Morgan fingerprint density at radius 3 is 2.61 bits per heavy atom. The Kier molecular flexibility index (Phi) is 5.78. The highest BCUT2D eigenvalue weighted by Gasteiger charge is 2.29. The summed E-state index contributed by atoms with van der Waals surface area (Å²) < 4.78 is 48.0. The van der Waals surface area contributed by atoms with Gasteiger partial charge in [0.15, 0.2) is 5.11 Å². The number of hydrogen-bond acceptors (Lipinski definition) is 5. The molecule has 0 spiro atoms. The van der Waals surface area contributed by atoms with Gasteiger partial charge in [-0.05, 0) is 48.6 Å². The predicted octanol–water partition coefficient (Wildman–Crippen LogP) is 4.25. The number of nitrogens with zero attached hydrogens (tertiary/aromatic N) is 2. The van der Waals surface area contributed by atoms with Gasteiger partial charge in [-0.15, -0.1) is 0 Å². The number of rotatable bonds is 5. The molecule has 0 bridgehead atoms. The monoisotopic (exact) mass is 408 g/mol. The highest BCUT2D eigenvalue weighted by Crippen LogP contribution is 2.29. The largest absolute Gasteiger partial charge is 0.497 e. The standard InChI is InChI=1S/C18H15F3N4O2S/c1-26-14-4-2-3-11(9-14)16-24-15(27-25-16)10-22-17(28)23-13-7-5-12(6-8-13)18(19,20)21/h2-9H,10H2,1H3,(H2,22,23,28). The van der Waals surface area contributed by atoms with Crippen LogP contribution in [-0.4, -0.2) is 22.4 Å². The van der Waals surface area contributed by atoms with E-state index < -0.39 is 11.7 Å². The van der Waals surface area contributed by atoms with E-state index in [0.717, 1.165) is 17.7 Å². The lowest BCUT2D eigenvalue weighted by atomic mass is 10.2. The molecule has 2 N–H and O–H groups in total. The van der Waals surface area contributed by atoms with E-state index in [-0.39, 0.29) is 11.7 Å². The Hall–Kier alpha value is -3.14. The lowest BCUT2D eigenvalue weighted by molar-refractivity contribution is -0.137. The molecule has 0 fully saturated rings. The van der Waals surface area contributed by atoms with Crippen LogP contribution in [0, 0.1) is 0 Å². The minimum absolute atomic E-state index is 0.156. The van der Waals surface area contributed by atoms with Gasteiger partial charge in [0.2, 0.25) is 11.7 Å². The van der Waals surface area contributed by atoms with Crippen molar-refractivity contribution in [2.24, 2.45) is 0 Å². The topological polar surface area (TPSA) is 72.2 Å². The fraction of sp³-hybridized carbons (Fsp3) is 0.167. The van der Waals surface area contributed by atoms with Crippen molar-refractivity contribution in [2.45, 2.75) is 12.7 Å². The molecule has 0 saturated carbocycles. The third-order valence-electron chi connectivity index (χ3n) is 3.67. The third kappa shape index (κ3) is 4.97. The summed E-state index contributed by atoms with van der Waals surface area (Å²) in [5.41, 5.74) is 0.431. The second kappa shape index (κ2) is 8.26. The molecule has 0 aliphatic heterocycles. The molecule has 0 aliphatic rings. The first-order valence-corrected chi connectivity index (χ1v) is 8.45. The van der Waals surface area contributed by atoms with Crippen LogP contribution >= 0.6 is 12.2 Å². The second-order valence-corrected chi connectivity index (χ2v) is 6.03. The van der Waals surface area contributed by atoms with Gasteiger partial charge in [0.25, 0.3) is 0 Å². The van der Waals surface area contributed by atoms with Crippen molar-refractivity contribution in [2.75, 3.05) is 12.4 Å². The van der Waals surface area contributed by atoms with Gasteiger partial charge in [-0.3, -0.25) is 0 Å². The molecule has 6 nitrogen and oxygen atoms in total. The summed E-state index contributed by atoms with van der Waals surface area (Å²) >= 11 is 5.12. The van der Waals surface area contributed by atoms with Crippen LogP contribution in [0.3, 0.4) is 0 Å². The van der Waals surface area contributed by atoms with Crippen molar-refractivity contribution in [1.29, 1.82) is 0 Å². The first-order valence-electron chi connectivity index (χ1n) is 8.04. The van der Waals surface area contributed by atoms with Crippen molar-refractivity contribution in [1.82, 2.24) is 15.5 Å². The Morgan fingerprint density at radius 1 is 1.18 bits per heavy atom. The van der Waals surface area contributed by atoms with Crippen LogP contribution in [0.1, 0.15) is 11.5 Å². The lowest BCUT2D eigenvalue weighted by Gasteiger charge is -2.10. The van der Waals surface area contributed by atoms with Crippen molar-refractivity contribution in [3.05, 3.63) is 60.0 Å². The Morgan fingerprint density at radius 2 is 1.93 bits per heavy atom. The number of nitrogens with one attached hydrogen (secondary N) is 2. The van der Waals surface area contributed by atoms with Crippen molar-refractivity contribution in [3.8, 4) is 17.1 Å². The first kappa shape index (κ1) is 19.6. The maximum absolute atomic E-state index is 12.6. The molecule has 3 rings (SSSR count). The molecule has 1 aromatic heterocycles. The van der Waals surface area contributed by atoms with Crippen LogP contribution < -0.4 is 15.4 Å². The number of ether oxygens (including phenoxy) is 1. The number of thiocarbonyl (C=S) groups is 1. The summed E-state index contributed by atoms with van der Waals surface area (Å²) in [6.07, 6.45) is -4.38. The highest BCUT2D eigenvalue weighted by atomic mass is 32.1. The van der Waals surface area contributed by atoms with E-state index in [1.54, 1.807) is 19.2 Å². The third-order valence-corrected chi connectivity index (χ3v) is 3.91. The summed E-state index contributed by atoms with van der Waals surface area (Å²) in [5.74, 6) is 1.37. The summed E-state index contributed by atoms with van der Waals surface area (Å²) in [5, 5.41) is 9.76. The van der Waals surface area contributed by atoms with Gasteiger partial charge in [0.05, 0.1) is 19.2 Å². The van der Waals surface area contributed by atoms with Gasteiger partial charge in [-0.25, -0.2) is 0 Å². The lowest BCUT2D eigenvalue weighted by Crippen LogP contribution is -2.28. The summed E-state index contributed by atoms with van der Waals surface area (Å²) in [7, 11) is 1.56. The zero-order valence-electron chi connectivity index (χ0n) is 14.6. The maximum Gasteiger partial charge on any atom is 0.416 e. The summed E-state index contributed by atoms with van der Waals surface area (Å²) in [6, 6.07) is 11.8. The van der Waals surface area contributed by atoms with E-state index >= 15 is 0 Å². The van der Waals surface area contributed by atoms with E-state index in [1.807, 2.05) is 12.1 Å². The summed E-state index contributed by atoms with van der Waals surface area (Å²) in [4.78, 5) is 4.27. The van der Waals surface area contributed by atoms with Gasteiger partial charge in [-0.2, -0.15) is 18.2 Å². The van der Waals surface area contributed by atoms with E-state index in [9.17, 15) is 13.2 Å². The zero-order chi connectivity index (χ0) is 20.1. The molecule has 28 heavy (non-hydrogen) atoms. The molecule has 0 amide bonds. The fourth-order valence-electron chi connectivity index (χ4n) is 2.28. The van der Waals surface area contributed by atoms with Crippen LogP contribution in [0.15, 0.2) is 53.1 Å². The van der Waals surface area contributed by atoms with Gasteiger partial charge < -0.3 is 19.9 Å². The van der Waals surface area contributed by atoms with Crippen molar-refractivity contribution >= 4 is 23.0 Å². The molecule has 1 heterocycles. The van der Waals surface area contributed by atoms with Gasteiger partial charge in [0.1, 0.15) is 5.75 Å².